The minimum atomic E-state index is -0.514. The lowest BCUT2D eigenvalue weighted by Crippen LogP contribution is -2.47. The Kier molecular flexibility index (Phi) is 7.72. The summed E-state index contributed by atoms with van der Waals surface area (Å²) in [6.07, 6.45) is 4.83. The Bertz CT molecular complexity index is 1060. The van der Waals surface area contributed by atoms with Crippen LogP contribution in [0.25, 0.3) is 0 Å². The average molecular weight is 494 g/mol. The number of carbonyl (C=O) groups is 2. The van der Waals surface area contributed by atoms with E-state index in [4.69, 9.17) is 9.47 Å². The van der Waals surface area contributed by atoms with E-state index < -0.39 is 6.10 Å². The number of benzene rings is 2. The van der Waals surface area contributed by atoms with Gasteiger partial charge in [0.15, 0.2) is 0 Å². The van der Waals surface area contributed by atoms with E-state index in [1.54, 1.807) is 0 Å². The summed E-state index contributed by atoms with van der Waals surface area (Å²) >= 11 is 0. The Hall–Kier alpha value is -3.10. The van der Waals surface area contributed by atoms with Gasteiger partial charge in [0.25, 0.3) is 0 Å². The molecule has 2 heterocycles. The van der Waals surface area contributed by atoms with E-state index in [9.17, 15) is 14.7 Å². The molecular formula is C28H35N3O5. The molecule has 0 aromatic heterocycles. The highest BCUT2D eigenvalue weighted by molar-refractivity contribution is 5.89. The first-order valence-electron chi connectivity index (χ1n) is 13.0. The molecule has 2 fully saturated rings. The normalized spacial score (nSPS) is 24.9. The molecule has 192 valence electrons. The van der Waals surface area contributed by atoms with Crippen LogP contribution in [0.2, 0.25) is 0 Å². The molecule has 5 rings (SSSR count). The number of amides is 3. The third-order valence-corrected chi connectivity index (χ3v) is 7.44. The number of hydrogen-bond acceptors (Lipinski definition) is 5. The van der Waals surface area contributed by atoms with Crippen LogP contribution in [0.3, 0.4) is 0 Å². The lowest BCUT2D eigenvalue weighted by molar-refractivity contribution is -0.142. The molecule has 4 atom stereocenters. The number of nitrogens with one attached hydrogen (secondary N) is 3. The predicted octanol–water partition coefficient (Wildman–Crippen LogP) is 3.49. The van der Waals surface area contributed by atoms with Crippen molar-refractivity contribution in [1.29, 1.82) is 0 Å². The van der Waals surface area contributed by atoms with Gasteiger partial charge in [-0.1, -0.05) is 43.2 Å². The van der Waals surface area contributed by atoms with Gasteiger partial charge in [0, 0.05) is 29.8 Å². The second-order valence-electron chi connectivity index (χ2n) is 10.0. The van der Waals surface area contributed by atoms with E-state index in [1.165, 1.54) is 5.56 Å². The fraction of sp³-hybridized carbons (Fsp3) is 0.500. The summed E-state index contributed by atoms with van der Waals surface area (Å²) in [5.74, 6) is 0.652. The van der Waals surface area contributed by atoms with Gasteiger partial charge in [-0.3, -0.25) is 4.79 Å². The van der Waals surface area contributed by atoms with E-state index in [-0.39, 0.29) is 49.1 Å². The predicted molar refractivity (Wildman–Crippen MR) is 136 cm³/mol. The zero-order valence-electron chi connectivity index (χ0n) is 20.4. The summed E-state index contributed by atoms with van der Waals surface area (Å²) in [5.41, 5.74) is 2.86. The molecule has 3 aliphatic rings. The average Bonchev–Trinajstić information content (AvgIpc) is 3.52. The molecule has 2 aromatic rings. The minimum absolute atomic E-state index is 0.0207. The Morgan fingerprint density at radius 1 is 1.06 bits per heavy atom. The highest BCUT2D eigenvalue weighted by atomic mass is 16.6. The van der Waals surface area contributed by atoms with Gasteiger partial charge in [-0.2, -0.15) is 0 Å². The first kappa shape index (κ1) is 24.6. The third kappa shape index (κ3) is 5.82. The lowest BCUT2D eigenvalue weighted by atomic mass is 9.84. The van der Waals surface area contributed by atoms with Crippen LogP contribution in [0.4, 0.5) is 10.5 Å². The summed E-state index contributed by atoms with van der Waals surface area (Å²) in [7, 11) is 0. The molecular weight excluding hydrogens is 458 g/mol. The van der Waals surface area contributed by atoms with E-state index in [0.717, 1.165) is 43.4 Å². The molecule has 1 aliphatic carbocycles. The van der Waals surface area contributed by atoms with Gasteiger partial charge < -0.3 is 30.5 Å². The summed E-state index contributed by atoms with van der Waals surface area (Å²) in [4.78, 5) is 25.1. The second kappa shape index (κ2) is 11.3. The molecule has 1 saturated carbocycles. The number of rotatable bonds is 8. The Morgan fingerprint density at radius 3 is 2.64 bits per heavy atom. The van der Waals surface area contributed by atoms with E-state index >= 15 is 0 Å². The van der Waals surface area contributed by atoms with Crippen molar-refractivity contribution in [3.63, 3.8) is 0 Å². The van der Waals surface area contributed by atoms with Crippen molar-refractivity contribution in [3.8, 4) is 5.75 Å². The highest BCUT2D eigenvalue weighted by Crippen LogP contribution is 2.47. The van der Waals surface area contributed by atoms with Gasteiger partial charge in [-0.15, -0.1) is 0 Å². The molecule has 0 unspecified atom stereocenters. The van der Waals surface area contributed by atoms with E-state index in [0.29, 0.717) is 18.7 Å². The van der Waals surface area contributed by atoms with Crippen molar-refractivity contribution >= 4 is 17.6 Å². The smallest absolute Gasteiger partial charge is 0.319 e. The third-order valence-electron chi connectivity index (χ3n) is 7.44. The Labute approximate surface area is 211 Å². The maximum atomic E-state index is 12.6. The monoisotopic (exact) mass is 493 g/mol. The molecule has 0 spiro atoms. The summed E-state index contributed by atoms with van der Waals surface area (Å²) in [5, 5.41) is 19.0. The first-order valence-corrected chi connectivity index (χ1v) is 13.0. The van der Waals surface area contributed by atoms with Gasteiger partial charge in [0.05, 0.1) is 19.1 Å². The number of carbonyl (C=O) groups excluding carboxylic acids is 2. The molecule has 0 bridgehead atoms. The van der Waals surface area contributed by atoms with E-state index in [2.05, 4.69) is 16.0 Å². The largest absolute Gasteiger partial charge is 0.487 e. The zero-order valence-corrected chi connectivity index (χ0v) is 20.4. The van der Waals surface area contributed by atoms with Crippen LogP contribution in [-0.2, 0) is 16.0 Å². The fourth-order valence-corrected chi connectivity index (χ4v) is 5.66. The molecule has 36 heavy (non-hydrogen) atoms. The van der Waals surface area contributed by atoms with Crippen LogP contribution in [0, 0.1) is 0 Å². The van der Waals surface area contributed by atoms with Crippen molar-refractivity contribution in [3.05, 3.63) is 59.7 Å². The summed E-state index contributed by atoms with van der Waals surface area (Å²) < 4.78 is 12.2. The zero-order chi connectivity index (χ0) is 24.9. The topological polar surface area (TPSA) is 109 Å². The molecule has 0 radical (unpaired) electrons. The number of ether oxygens (including phenoxy) is 2. The van der Waals surface area contributed by atoms with Crippen LogP contribution >= 0.6 is 0 Å². The van der Waals surface area contributed by atoms with Crippen molar-refractivity contribution in [1.82, 2.24) is 10.6 Å². The number of anilines is 1. The van der Waals surface area contributed by atoms with Gasteiger partial charge in [0.1, 0.15) is 18.0 Å². The number of urea groups is 1. The number of fused-ring (bicyclic) bond motifs is 3. The van der Waals surface area contributed by atoms with Crippen molar-refractivity contribution < 1.29 is 24.2 Å². The van der Waals surface area contributed by atoms with Crippen LogP contribution in [0.5, 0.6) is 5.75 Å². The fourth-order valence-electron chi connectivity index (χ4n) is 5.66. The Balaban J connectivity index is 1.19. The standard InChI is InChI=1S/C28H35N3O5/c32-17-25-27-23(15-21(35-25)16-26(33)29-13-12-18-6-2-1-3-7-18)22-14-20(10-11-24(22)36-27)31-28(34)30-19-8-4-5-9-19/h1-3,6-7,10-11,14,19,21,23,25,27,32H,4-5,8-9,12-13,15-17H2,(H,29,33)(H2,30,31,34)/t21-,23-,25+,27+/m0/s1. The van der Waals surface area contributed by atoms with Crippen LogP contribution in [-0.4, -0.2) is 54.6 Å². The summed E-state index contributed by atoms with van der Waals surface area (Å²) in [6, 6.07) is 15.7. The van der Waals surface area contributed by atoms with Crippen molar-refractivity contribution in [2.24, 2.45) is 0 Å². The SMILES string of the molecule is O=C(C[C@@H]1C[C@H]2c3cc(NC(=O)NC4CCCC4)ccc3O[C@H]2[C@@H](CO)O1)NCCc1ccccc1. The van der Waals surface area contributed by atoms with Crippen LogP contribution < -0.4 is 20.7 Å². The molecule has 1 saturated heterocycles. The molecule has 8 nitrogen and oxygen atoms in total. The molecule has 2 aliphatic heterocycles. The number of hydrogen-bond donors (Lipinski definition) is 4. The van der Waals surface area contributed by atoms with Gasteiger partial charge in [0.2, 0.25) is 5.91 Å². The Morgan fingerprint density at radius 2 is 1.86 bits per heavy atom. The molecule has 4 N–H and O–H groups in total. The molecule has 3 amide bonds. The maximum Gasteiger partial charge on any atom is 0.319 e. The van der Waals surface area contributed by atoms with Crippen LogP contribution in [0.15, 0.2) is 48.5 Å². The van der Waals surface area contributed by atoms with Gasteiger partial charge in [-0.25, -0.2) is 4.79 Å². The quantitative estimate of drug-likeness (QED) is 0.450. The first-order chi connectivity index (χ1) is 17.6. The lowest BCUT2D eigenvalue weighted by Gasteiger charge is -2.37. The molecule has 2 aromatic carbocycles. The van der Waals surface area contributed by atoms with Crippen LogP contribution in [0.1, 0.15) is 55.6 Å². The minimum Gasteiger partial charge on any atom is -0.487 e. The number of aliphatic hydroxyl groups is 1. The summed E-state index contributed by atoms with van der Waals surface area (Å²) in [6.45, 7) is 0.380. The van der Waals surface area contributed by atoms with Gasteiger partial charge in [-0.05, 0) is 49.4 Å². The molecule has 8 heteroatoms. The van der Waals surface area contributed by atoms with Crippen molar-refractivity contribution in [2.75, 3.05) is 18.5 Å². The maximum absolute atomic E-state index is 12.6. The number of aliphatic hydroxyl groups excluding tert-OH is 1. The highest BCUT2D eigenvalue weighted by Gasteiger charge is 2.46. The van der Waals surface area contributed by atoms with Gasteiger partial charge >= 0.3 is 6.03 Å². The second-order valence-corrected chi connectivity index (χ2v) is 10.0. The van der Waals surface area contributed by atoms with Crippen molar-refractivity contribution in [2.45, 2.75) is 75.2 Å². The van der Waals surface area contributed by atoms with E-state index in [1.807, 2.05) is 48.5 Å².